The first kappa shape index (κ1) is 34.0. The van der Waals surface area contributed by atoms with Crippen molar-refractivity contribution in [3.63, 3.8) is 0 Å². The van der Waals surface area contributed by atoms with Crippen molar-refractivity contribution in [1.82, 2.24) is 9.55 Å². The molecule has 8 rings (SSSR count). The fraction of sp³-hybridized carbons (Fsp3) is 0.250. The molecule has 1 aliphatic heterocycles. The lowest BCUT2D eigenvalue weighted by Gasteiger charge is -2.13. The molecule has 1 N–H and O–H groups in total. The maximum Gasteiger partial charge on any atom is 0.338 e. The second-order valence-electron chi connectivity index (χ2n) is 13.7. The SMILES string of the molecule is O=C(CNc1ccc2nc3n(c(=O)c2c1)-c1ccccc1C3=O)OCCCCCCCCCCOC(=O)c1ccc2ccc3cccc4ccc1c2c34. The lowest BCUT2D eigenvalue weighted by Crippen LogP contribution is -2.22. The van der Waals surface area contributed by atoms with Crippen LogP contribution in [-0.4, -0.2) is 47.0 Å². The number of ether oxygens (including phenoxy) is 2. The Morgan fingerprint density at radius 3 is 2.08 bits per heavy atom. The van der Waals surface area contributed by atoms with Crippen molar-refractivity contribution in [3.8, 4) is 5.69 Å². The largest absolute Gasteiger partial charge is 0.464 e. The molecule has 0 saturated carbocycles. The van der Waals surface area contributed by atoms with Gasteiger partial charge in [-0.2, -0.15) is 0 Å². The first-order chi connectivity index (χ1) is 26.0. The number of unbranched alkanes of at least 4 members (excludes halogenated alkanes) is 7. The molecule has 0 saturated heterocycles. The standard InChI is InChI=1S/C44H39N3O6/c48-38(27-45-31-20-23-36-35(26-31)43(50)47-37-15-8-7-14-34(37)41(49)42(47)46-36)52-24-9-5-3-1-2-4-6-10-25-53-44(51)33-22-19-30-17-16-28-12-11-13-29-18-21-32(33)40(30)39(28)29/h7-8,11-23,26,45H,1-6,9-10,24-25,27H2. The second-order valence-corrected chi connectivity index (χ2v) is 13.7. The number of hydrogen-bond donors (Lipinski definition) is 1. The number of para-hydroxylation sites is 1. The molecular formula is C44H39N3O6. The first-order valence-corrected chi connectivity index (χ1v) is 18.4. The van der Waals surface area contributed by atoms with Crippen LogP contribution in [0.3, 0.4) is 0 Å². The number of rotatable bonds is 15. The Kier molecular flexibility index (Phi) is 9.55. The van der Waals surface area contributed by atoms with Gasteiger partial charge in [0.1, 0.15) is 6.54 Å². The Morgan fingerprint density at radius 1 is 0.642 bits per heavy atom. The molecule has 2 heterocycles. The van der Waals surface area contributed by atoms with E-state index >= 15 is 0 Å². The molecule has 0 unspecified atom stereocenters. The van der Waals surface area contributed by atoms with Gasteiger partial charge in [0.2, 0.25) is 5.78 Å². The highest BCUT2D eigenvalue weighted by atomic mass is 16.5. The summed E-state index contributed by atoms with van der Waals surface area (Å²) in [6.07, 6.45) is 8.01. The van der Waals surface area contributed by atoms with Crippen LogP contribution in [0.4, 0.5) is 5.69 Å². The summed E-state index contributed by atoms with van der Waals surface area (Å²) in [6, 6.07) is 30.6. The van der Waals surface area contributed by atoms with Gasteiger partial charge in [-0.3, -0.25) is 19.0 Å². The van der Waals surface area contributed by atoms with E-state index in [0.29, 0.717) is 46.6 Å². The highest BCUT2D eigenvalue weighted by molar-refractivity contribution is 6.26. The van der Waals surface area contributed by atoms with Gasteiger partial charge < -0.3 is 14.8 Å². The minimum Gasteiger partial charge on any atom is -0.464 e. The molecule has 9 heteroatoms. The van der Waals surface area contributed by atoms with Gasteiger partial charge in [0.05, 0.1) is 40.9 Å². The highest BCUT2D eigenvalue weighted by Crippen LogP contribution is 2.36. The zero-order chi connectivity index (χ0) is 36.3. The number of carbonyl (C=O) groups excluding carboxylic acids is 3. The Balaban J connectivity index is 0.701. The molecule has 266 valence electrons. The molecule has 53 heavy (non-hydrogen) atoms. The maximum atomic E-state index is 13.3. The van der Waals surface area contributed by atoms with E-state index in [9.17, 15) is 19.2 Å². The van der Waals surface area contributed by atoms with Crippen molar-refractivity contribution in [2.24, 2.45) is 0 Å². The average molecular weight is 706 g/mol. The molecule has 1 aliphatic rings. The molecule has 7 aromatic rings. The van der Waals surface area contributed by atoms with E-state index in [-0.39, 0.29) is 35.7 Å². The van der Waals surface area contributed by atoms with E-state index in [1.165, 1.54) is 20.7 Å². The summed E-state index contributed by atoms with van der Waals surface area (Å²) in [5.74, 6) is -0.792. The Labute approximate surface area is 305 Å². The third-order valence-electron chi connectivity index (χ3n) is 10.2. The van der Waals surface area contributed by atoms with Crippen molar-refractivity contribution in [2.75, 3.05) is 25.1 Å². The van der Waals surface area contributed by atoms with Crippen LogP contribution in [-0.2, 0) is 14.3 Å². The van der Waals surface area contributed by atoms with E-state index in [1.54, 1.807) is 42.5 Å². The lowest BCUT2D eigenvalue weighted by atomic mass is 9.92. The fourth-order valence-corrected chi connectivity index (χ4v) is 7.48. The normalized spacial score (nSPS) is 12.1. The van der Waals surface area contributed by atoms with E-state index in [1.807, 2.05) is 18.2 Å². The van der Waals surface area contributed by atoms with Gasteiger partial charge >= 0.3 is 11.9 Å². The number of esters is 2. The second kappa shape index (κ2) is 14.9. The number of anilines is 1. The molecular weight excluding hydrogens is 666 g/mol. The van der Waals surface area contributed by atoms with Gasteiger partial charge in [0, 0.05) is 5.69 Å². The predicted molar refractivity (Wildman–Crippen MR) is 208 cm³/mol. The predicted octanol–water partition coefficient (Wildman–Crippen LogP) is 8.76. The van der Waals surface area contributed by atoms with Crippen molar-refractivity contribution in [3.05, 3.63) is 124 Å². The number of nitrogens with one attached hydrogen (secondary N) is 1. The summed E-state index contributed by atoms with van der Waals surface area (Å²) in [7, 11) is 0. The van der Waals surface area contributed by atoms with Crippen LogP contribution < -0.4 is 10.9 Å². The van der Waals surface area contributed by atoms with Crippen LogP contribution in [0.1, 0.15) is 77.9 Å². The summed E-state index contributed by atoms with van der Waals surface area (Å²) < 4.78 is 12.5. The molecule has 0 radical (unpaired) electrons. The van der Waals surface area contributed by atoms with Crippen LogP contribution >= 0.6 is 0 Å². The first-order valence-electron chi connectivity index (χ1n) is 18.4. The van der Waals surface area contributed by atoms with Gasteiger partial charge in [-0.1, -0.05) is 99.2 Å². The molecule has 0 aliphatic carbocycles. The summed E-state index contributed by atoms with van der Waals surface area (Å²) in [5, 5.41) is 10.1. The van der Waals surface area contributed by atoms with E-state index in [4.69, 9.17) is 9.47 Å². The summed E-state index contributed by atoms with van der Waals surface area (Å²) in [5.41, 5.74) is 2.29. The molecule has 0 fully saturated rings. The summed E-state index contributed by atoms with van der Waals surface area (Å²) >= 11 is 0. The third-order valence-corrected chi connectivity index (χ3v) is 10.2. The summed E-state index contributed by atoms with van der Waals surface area (Å²) in [6.45, 7) is 0.748. The smallest absolute Gasteiger partial charge is 0.338 e. The zero-order valence-corrected chi connectivity index (χ0v) is 29.4. The maximum absolute atomic E-state index is 13.3. The van der Waals surface area contributed by atoms with Crippen LogP contribution in [0, 0.1) is 0 Å². The minimum atomic E-state index is -0.367. The molecule has 9 nitrogen and oxygen atoms in total. The molecule has 0 atom stereocenters. The van der Waals surface area contributed by atoms with Gasteiger partial charge in [-0.25, -0.2) is 9.78 Å². The van der Waals surface area contributed by atoms with Gasteiger partial charge in [0.15, 0.2) is 5.82 Å². The monoisotopic (exact) mass is 705 g/mol. The van der Waals surface area contributed by atoms with Crippen LogP contribution in [0.25, 0.3) is 48.9 Å². The molecule has 0 spiro atoms. The number of ketones is 1. The minimum absolute atomic E-state index is 0.0274. The highest BCUT2D eigenvalue weighted by Gasteiger charge is 2.30. The number of aromatic nitrogens is 2. The molecule has 6 aromatic carbocycles. The number of carbonyl (C=O) groups is 3. The Bertz CT molecular complexity index is 2560. The quantitative estimate of drug-likeness (QED) is 0.0640. The average Bonchev–Trinajstić information content (AvgIpc) is 3.47. The third kappa shape index (κ3) is 6.70. The zero-order valence-electron chi connectivity index (χ0n) is 29.4. The van der Waals surface area contributed by atoms with Gasteiger partial charge in [-0.05, 0) is 81.6 Å². The van der Waals surface area contributed by atoms with Gasteiger partial charge in [-0.15, -0.1) is 0 Å². The molecule has 0 bridgehead atoms. The van der Waals surface area contributed by atoms with Crippen LogP contribution in [0.5, 0.6) is 0 Å². The number of fused-ring (bicyclic) bond motifs is 4. The Hall–Kier alpha value is -6.09. The van der Waals surface area contributed by atoms with E-state index < -0.39 is 0 Å². The molecule has 1 aromatic heterocycles. The number of benzene rings is 6. The lowest BCUT2D eigenvalue weighted by molar-refractivity contribution is -0.141. The molecule has 0 amide bonds. The number of nitrogens with zero attached hydrogens (tertiary/aromatic N) is 2. The van der Waals surface area contributed by atoms with Gasteiger partial charge in [0.25, 0.3) is 5.56 Å². The van der Waals surface area contributed by atoms with E-state index in [0.717, 1.165) is 67.5 Å². The summed E-state index contributed by atoms with van der Waals surface area (Å²) in [4.78, 5) is 55.9. The topological polar surface area (TPSA) is 117 Å². The van der Waals surface area contributed by atoms with Crippen molar-refractivity contribution < 1.29 is 23.9 Å². The van der Waals surface area contributed by atoms with Crippen LogP contribution in [0.2, 0.25) is 0 Å². The van der Waals surface area contributed by atoms with Crippen molar-refractivity contribution >= 4 is 66.6 Å². The fourth-order valence-electron chi connectivity index (χ4n) is 7.48. The van der Waals surface area contributed by atoms with Crippen molar-refractivity contribution in [2.45, 2.75) is 51.4 Å². The Morgan fingerprint density at radius 2 is 1.30 bits per heavy atom. The van der Waals surface area contributed by atoms with E-state index in [2.05, 4.69) is 46.7 Å². The van der Waals surface area contributed by atoms with Crippen molar-refractivity contribution in [1.29, 1.82) is 0 Å². The van der Waals surface area contributed by atoms with Crippen LogP contribution in [0.15, 0.2) is 102 Å². The number of hydrogen-bond acceptors (Lipinski definition) is 8.